The number of carbonyl (C=O) groups is 1. The molecule has 0 bridgehead atoms. The van der Waals surface area contributed by atoms with Gasteiger partial charge >= 0.3 is 0 Å². The molecule has 86 valence electrons. The molecule has 1 aliphatic rings. The van der Waals surface area contributed by atoms with E-state index in [1.807, 2.05) is 25.1 Å². The Balaban J connectivity index is 2.36. The molecule has 16 heavy (non-hydrogen) atoms. The molecule has 3 nitrogen and oxygen atoms in total. The van der Waals surface area contributed by atoms with E-state index in [1.165, 1.54) is 5.56 Å². The summed E-state index contributed by atoms with van der Waals surface area (Å²) >= 11 is 0. The van der Waals surface area contributed by atoms with Crippen LogP contribution in [0.5, 0.6) is 5.75 Å². The molecular weight excluding hydrogens is 202 g/mol. The first-order valence-electron chi connectivity index (χ1n) is 5.65. The molecule has 0 fully saturated rings. The Morgan fingerprint density at radius 3 is 2.88 bits per heavy atom. The third-order valence-corrected chi connectivity index (χ3v) is 2.86. The van der Waals surface area contributed by atoms with Crippen LogP contribution in [-0.4, -0.2) is 12.5 Å². The summed E-state index contributed by atoms with van der Waals surface area (Å²) in [4.78, 5) is 11.7. The molecule has 3 heteroatoms. The fraction of sp³-hybridized carbons (Fsp3) is 0.462. The molecule has 1 N–H and O–H groups in total. The van der Waals surface area contributed by atoms with Crippen molar-refractivity contribution in [2.45, 2.75) is 26.7 Å². The van der Waals surface area contributed by atoms with Gasteiger partial charge in [0.15, 0.2) is 0 Å². The predicted molar refractivity (Wildman–Crippen MR) is 63.8 cm³/mol. The molecule has 1 atom stereocenters. The highest BCUT2D eigenvalue weighted by molar-refractivity contribution is 5.94. The van der Waals surface area contributed by atoms with Gasteiger partial charge in [-0.2, -0.15) is 0 Å². The van der Waals surface area contributed by atoms with Gasteiger partial charge in [0, 0.05) is 0 Å². The zero-order valence-corrected chi connectivity index (χ0v) is 9.91. The maximum atomic E-state index is 11.7. The summed E-state index contributed by atoms with van der Waals surface area (Å²) in [5.41, 5.74) is 2.00. The Morgan fingerprint density at radius 1 is 1.44 bits per heavy atom. The van der Waals surface area contributed by atoms with Crippen molar-refractivity contribution < 1.29 is 9.53 Å². The van der Waals surface area contributed by atoms with E-state index >= 15 is 0 Å². The Labute approximate surface area is 95.8 Å². The summed E-state index contributed by atoms with van der Waals surface area (Å²) in [6.45, 7) is 6.57. The first kappa shape index (κ1) is 11.0. The summed E-state index contributed by atoms with van der Waals surface area (Å²) in [6, 6.07) is 5.98. The van der Waals surface area contributed by atoms with Gasteiger partial charge in [-0.3, -0.25) is 4.79 Å². The van der Waals surface area contributed by atoms with Crippen LogP contribution in [-0.2, 0) is 4.79 Å². The highest BCUT2D eigenvalue weighted by Gasteiger charge is 2.20. The molecule has 0 aliphatic carbocycles. The molecule has 1 unspecified atom stereocenters. The quantitative estimate of drug-likeness (QED) is 0.788. The number of hydrogen-bond acceptors (Lipinski definition) is 2. The van der Waals surface area contributed by atoms with Gasteiger partial charge < -0.3 is 10.1 Å². The molecule has 0 spiro atoms. The average Bonchev–Trinajstić information content (AvgIpc) is 2.38. The monoisotopic (exact) mass is 219 g/mol. The Kier molecular flexibility index (Phi) is 2.86. The molecule has 0 aromatic heterocycles. The van der Waals surface area contributed by atoms with Gasteiger partial charge in [-0.15, -0.1) is 0 Å². The van der Waals surface area contributed by atoms with E-state index in [1.54, 1.807) is 0 Å². The van der Waals surface area contributed by atoms with E-state index in [4.69, 9.17) is 4.74 Å². The van der Waals surface area contributed by atoms with Gasteiger partial charge in [-0.05, 0) is 23.6 Å². The minimum atomic E-state index is -0.102. The molecule has 2 rings (SSSR count). The van der Waals surface area contributed by atoms with E-state index in [0.29, 0.717) is 12.5 Å². The van der Waals surface area contributed by atoms with Crippen molar-refractivity contribution in [3.05, 3.63) is 23.8 Å². The van der Waals surface area contributed by atoms with Gasteiger partial charge in [0.25, 0.3) is 0 Å². The zero-order valence-electron chi connectivity index (χ0n) is 9.91. The molecule has 1 aromatic rings. The zero-order chi connectivity index (χ0) is 11.7. The van der Waals surface area contributed by atoms with Crippen LogP contribution in [0.3, 0.4) is 0 Å². The second-order valence-electron chi connectivity index (χ2n) is 4.61. The van der Waals surface area contributed by atoms with Crippen LogP contribution in [0.1, 0.15) is 32.3 Å². The van der Waals surface area contributed by atoms with Gasteiger partial charge in [0.05, 0.1) is 18.2 Å². The third-order valence-electron chi connectivity index (χ3n) is 2.86. The molecule has 0 saturated carbocycles. The van der Waals surface area contributed by atoms with Crippen molar-refractivity contribution in [2.75, 3.05) is 11.9 Å². The van der Waals surface area contributed by atoms with Crippen LogP contribution >= 0.6 is 0 Å². The van der Waals surface area contributed by atoms with E-state index in [-0.39, 0.29) is 11.8 Å². The normalized spacial score (nSPS) is 19.8. The summed E-state index contributed by atoms with van der Waals surface area (Å²) in [7, 11) is 0. The second kappa shape index (κ2) is 4.16. The second-order valence-corrected chi connectivity index (χ2v) is 4.61. The predicted octanol–water partition coefficient (Wildman–Crippen LogP) is 2.78. The Bertz CT molecular complexity index is 412. The molecule has 1 heterocycles. The number of anilines is 1. The number of ether oxygens (including phenoxy) is 1. The topological polar surface area (TPSA) is 38.3 Å². The fourth-order valence-corrected chi connectivity index (χ4v) is 1.68. The van der Waals surface area contributed by atoms with Crippen LogP contribution in [0.2, 0.25) is 0 Å². The lowest BCUT2D eigenvalue weighted by Gasteiger charge is -2.11. The summed E-state index contributed by atoms with van der Waals surface area (Å²) < 4.78 is 5.58. The van der Waals surface area contributed by atoms with E-state index in [9.17, 15) is 4.79 Å². The van der Waals surface area contributed by atoms with Crippen molar-refractivity contribution in [2.24, 2.45) is 5.92 Å². The van der Waals surface area contributed by atoms with Gasteiger partial charge in [-0.25, -0.2) is 0 Å². The molecule has 0 saturated heterocycles. The SMILES string of the molecule is CC1COc2ccc(C(C)C)cc2NC1=O. The number of carbonyl (C=O) groups excluding carboxylic acids is 1. The number of amides is 1. The highest BCUT2D eigenvalue weighted by atomic mass is 16.5. The largest absolute Gasteiger partial charge is 0.491 e. The molecule has 1 amide bonds. The number of fused-ring (bicyclic) bond motifs is 1. The highest BCUT2D eigenvalue weighted by Crippen LogP contribution is 2.31. The summed E-state index contributed by atoms with van der Waals surface area (Å²) in [5.74, 6) is 1.14. The number of benzene rings is 1. The minimum absolute atomic E-state index is 0.0275. The first-order valence-corrected chi connectivity index (χ1v) is 5.65. The van der Waals surface area contributed by atoms with Crippen molar-refractivity contribution in [3.63, 3.8) is 0 Å². The van der Waals surface area contributed by atoms with Crippen molar-refractivity contribution in [1.29, 1.82) is 0 Å². The van der Waals surface area contributed by atoms with Crippen LogP contribution in [0.4, 0.5) is 5.69 Å². The number of nitrogens with one attached hydrogen (secondary N) is 1. The lowest BCUT2D eigenvalue weighted by molar-refractivity contribution is -0.119. The van der Waals surface area contributed by atoms with Crippen LogP contribution in [0.15, 0.2) is 18.2 Å². The minimum Gasteiger partial charge on any atom is -0.491 e. The summed E-state index contributed by atoms with van der Waals surface area (Å²) in [6.07, 6.45) is 0. The average molecular weight is 219 g/mol. The number of rotatable bonds is 1. The van der Waals surface area contributed by atoms with E-state index in [0.717, 1.165) is 11.4 Å². The van der Waals surface area contributed by atoms with E-state index < -0.39 is 0 Å². The third kappa shape index (κ3) is 2.03. The summed E-state index contributed by atoms with van der Waals surface area (Å²) in [5, 5.41) is 2.90. The van der Waals surface area contributed by atoms with Crippen LogP contribution < -0.4 is 10.1 Å². The maximum absolute atomic E-state index is 11.7. The lowest BCUT2D eigenvalue weighted by Crippen LogP contribution is -2.22. The molecular formula is C13H17NO2. The molecule has 1 aliphatic heterocycles. The van der Waals surface area contributed by atoms with Gasteiger partial charge in [-0.1, -0.05) is 26.8 Å². The maximum Gasteiger partial charge on any atom is 0.230 e. The van der Waals surface area contributed by atoms with Gasteiger partial charge in [0.1, 0.15) is 5.75 Å². The lowest BCUT2D eigenvalue weighted by atomic mass is 10.0. The van der Waals surface area contributed by atoms with Gasteiger partial charge in [0.2, 0.25) is 5.91 Å². The first-order chi connectivity index (χ1) is 7.58. The standard InChI is InChI=1S/C13H17NO2/c1-8(2)10-4-5-12-11(6-10)14-13(15)9(3)7-16-12/h4-6,8-9H,7H2,1-3H3,(H,14,15). The Hall–Kier alpha value is -1.51. The van der Waals surface area contributed by atoms with Crippen molar-refractivity contribution in [1.82, 2.24) is 0 Å². The fourth-order valence-electron chi connectivity index (χ4n) is 1.68. The van der Waals surface area contributed by atoms with E-state index in [2.05, 4.69) is 19.2 Å². The van der Waals surface area contributed by atoms with Crippen LogP contribution in [0.25, 0.3) is 0 Å². The molecule has 0 radical (unpaired) electrons. The Morgan fingerprint density at radius 2 is 2.19 bits per heavy atom. The van der Waals surface area contributed by atoms with Crippen LogP contribution in [0, 0.1) is 5.92 Å². The van der Waals surface area contributed by atoms with Crippen molar-refractivity contribution >= 4 is 11.6 Å². The number of hydrogen-bond donors (Lipinski definition) is 1. The molecule has 1 aromatic carbocycles. The van der Waals surface area contributed by atoms with Crippen molar-refractivity contribution in [3.8, 4) is 5.75 Å². The smallest absolute Gasteiger partial charge is 0.230 e.